The Morgan fingerprint density at radius 1 is 1.06 bits per heavy atom. The molecule has 2 unspecified atom stereocenters. The summed E-state index contributed by atoms with van der Waals surface area (Å²) in [6, 6.07) is 10.1. The average molecular weight is 454 g/mol. The summed E-state index contributed by atoms with van der Waals surface area (Å²) < 4.78 is 41.2. The second-order valence-electron chi connectivity index (χ2n) is 7.37. The number of carbonyl (C=O) groups is 1. The number of ether oxygens (including phenoxy) is 4. The Kier molecular flexibility index (Phi) is 6.41. The van der Waals surface area contributed by atoms with Crippen LogP contribution in [0, 0.1) is 12.7 Å². The van der Waals surface area contributed by atoms with E-state index >= 15 is 0 Å². The van der Waals surface area contributed by atoms with E-state index in [2.05, 4.69) is 10.2 Å². The molecule has 3 aromatic rings. The lowest BCUT2D eigenvalue weighted by Crippen LogP contribution is -2.27. The number of carbonyl (C=O) groups excluding carboxylic acids is 1. The third-order valence-corrected chi connectivity index (χ3v) is 5.31. The van der Waals surface area contributed by atoms with Gasteiger partial charge in [0.05, 0.1) is 14.2 Å². The molecule has 1 aliphatic heterocycles. The summed E-state index contributed by atoms with van der Waals surface area (Å²) in [4.78, 5) is 13.2. The van der Waals surface area contributed by atoms with Crippen LogP contribution >= 0.6 is 0 Å². The predicted octanol–water partition coefficient (Wildman–Crippen LogP) is 4.29. The first-order valence-corrected chi connectivity index (χ1v) is 10.2. The molecule has 1 aromatic heterocycles. The van der Waals surface area contributed by atoms with Crippen LogP contribution in [-0.2, 0) is 14.3 Å². The molecule has 2 atom stereocenters. The minimum Gasteiger partial charge on any atom is -0.494 e. The fraction of sp³-hybridized carbons (Fsp3) is 0.292. The molecule has 2 aromatic carbocycles. The first-order chi connectivity index (χ1) is 15.9. The summed E-state index contributed by atoms with van der Waals surface area (Å²) in [5.41, 5.74) is 1.96. The third kappa shape index (κ3) is 4.45. The zero-order valence-corrected chi connectivity index (χ0v) is 18.6. The summed E-state index contributed by atoms with van der Waals surface area (Å²) >= 11 is 0. The minimum absolute atomic E-state index is 0.0231. The molecule has 9 heteroatoms. The number of aryl methyl sites for hydroxylation is 1. The highest BCUT2D eigenvalue weighted by Crippen LogP contribution is 2.36. The van der Waals surface area contributed by atoms with Gasteiger partial charge in [0.15, 0.2) is 17.6 Å². The number of aromatic nitrogens is 2. The number of nitrogens with zero attached hydrogens (tertiary/aromatic N) is 2. The van der Waals surface area contributed by atoms with Gasteiger partial charge < -0.3 is 23.4 Å². The van der Waals surface area contributed by atoms with Crippen molar-refractivity contribution in [3.63, 3.8) is 0 Å². The van der Waals surface area contributed by atoms with Gasteiger partial charge in [0.2, 0.25) is 23.4 Å². The highest BCUT2D eigenvalue weighted by atomic mass is 19.1. The molecule has 0 N–H and O–H groups in total. The van der Waals surface area contributed by atoms with E-state index in [0.717, 1.165) is 5.56 Å². The Morgan fingerprint density at radius 2 is 1.73 bits per heavy atom. The van der Waals surface area contributed by atoms with Gasteiger partial charge in [0.1, 0.15) is 11.9 Å². The zero-order valence-electron chi connectivity index (χ0n) is 18.6. The number of ketones is 1. The number of halogens is 1. The summed E-state index contributed by atoms with van der Waals surface area (Å²) in [5, 5.41) is 7.81. The van der Waals surface area contributed by atoms with Crippen LogP contribution in [-0.4, -0.2) is 43.4 Å². The van der Waals surface area contributed by atoms with Gasteiger partial charge in [-0.3, -0.25) is 4.79 Å². The van der Waals surface area contributed by atoms with Gasteiger partial charge in [-0.05, 0) is 35.9 Å². The minimum atomic E-state index is -0.821. The van der Waals surface area contributed by atoms with E-state index in [4.69, 9.17) is 23.4 Å². The Balaban J connectivity index is 1.49. The van der Waals surface area contributed by atoms with Crippen LogP contribution in [0.1, 0.15) is 29.5 Å². The van der Waals surface area contributed by atoms with Crippen molar-refractivity contribution in [1.29, 1.82) is 0 Å². The molecule has 0 saturated carbocycles. The van der Waals surface area contributed by atoms with Gasteiger partial charge in [-0.15, -0.1) is 10.2 Å². The van der Waals surface area contributed by atoms with Gasteiger partial charge in [0, 0.05) is 31.6 Å². The van der Waals surface area contributed by atoms with Crippen LogP contribution in [0.2, 0.25) is 0 Å². The van der Waals surface area contributed by atoms with E-state index in [9.17, 15) is 9.18 Å². The standard InChI is InChI=1S/C24H23FN2O6/c1-13-26-27-24(32-13)15-7-5-14(6-8-15)23(31-4)22(28)18-10-9-17(33-18)16-11-19(29-2)21(25)20(12-16)30-3/h5-9,11-12,18,23H,10H2,1-4H3. The monoisotopic (exact) mass is 454 g/mol. The molecule has 0 amide bonds. The Hall–Kier alpha value is -3.72. The lowest BCUT2D eigenvalue weighted by molar-refractivity contribution is -0.136. The zero-order chi connectivity index (χ0) is 23.5. The second kappa shape index (κ2) is 9.41. The molecule has 0 bridgehead atoms. The van der Waals surface area contributed by atoms with E-state index in [1.807, 2.05) is 0 Å². The number of hydrogen-bond acceptors (Lipinski definition) is 8. The maximum absolute atomic E-state index is 14.2. The second-order valence-corrected chi connectivity index (χ2v) is 7.37. The smallest absolute Gasteiger partial charge is 0.247 e. The molecule has 1 aliphatic rings. The van der Waals surface area contributed by atoms with Crippen LogP contribution in [0.4, 0.5) is 4.39 Å². The molecule has 4 rings (SSSR count). The van der Waals surface area contributed by atoms with Crippen molar-refractivity contribution in [3.8, 4) is 23.0 Å². The molecule has 33 heavy (non-hydrogen) atoms. The lowest BCUT2D eigenvalue weighted by atomic mass is 9.99. The number of Topliss-reactive ketones (excluding diaryl/α,β-unsaturated/α-hetero) is 1. The Labute approximate surface area is 189 Å². The van der Waals surface area contributed by atoms with Crippen LogP contribution in [0.25, 0.3) is 17.2 Å². The fourth-order valence-corrected chi connectivity index (χ4v) is 3.63. The summed E-state index contributed by atoms with van der Waals surface area (Å²) in [6.45, 7) is 1.71. The quantitative estimate of drug-likeness (QED) is 0.498. The summed E-state index contributed by atoms with van der Waals surface area (Å²) in [7, 11) is 4.20. The number of rotatable bonds is 8. The van der Waals surface area contributed by atoms with Crippen molar-refractivity contribution in [1.82, 2.24) is 10.2 Å². The molecule has 0 saturated heterocycles. The van der Waals surface area contributed by atoms with Gasteiger partial charge in [0.25, 0.3) is 0 Å². The SMILES string of the molecule is COc1cc(C2=CCC(C(=O)C(OC)c3ccc(-c4nnc(C)o4)cc3)O2)cc(OC)c1F. The highest BCUT2D eigenvalue weighted by Gasteiger charge is 2.33. The van der Waals surface area contributed by atoms with Crippen molar-refractivity contribution in [2.24, 2.45) is 0 Å². The van der Waals surface area contributed by atoms with Gasteiger partial charge in [-0.2, -0.15) is 4.39 Å². The predicted molar refractivity (Wildman–Crippen MR) is 116 cm³/mol. The molecule has 0 fully saturated rings. The third-order valence-electron chi connectivity index (χ3n) is 5.31. The topological polar surface area (TPSA) is 92.9 Å². The first-order valence-electron chi connectivity index (χ1n) is 10.2. The summed E-state index contributed by atoms with van der Waals surface area (Å²) in [5.74, 6) is 0.529. The molecule has 172 valence electrons. The van der Waals surface area contributed by atoms with E-state index in [1.165, 1.54) is 33.5 Å². The first kappa shape index (κ1) is 22.5. The molecular formula is C24H23FN2O6. The van der Waals surface area contributed by atoms with E-state index in [-0.39, 0.29) is 17.3 Å². The van der Waals surface area contributed by atoms with Gasteiger partial charge in [-0.25, -0.2) is 0 Å². The number of hydrogen-bond donors (Lipinski definition) is 0. The van der Waals surface area contributed by atoms with Crippen molar-refractivity contribution in [3.05, 3.63) is 65.3 Å². The van der Waals surface area contributed by atoms with Crippen molar-refractivity contribution >= 4 is 11.5 Å². The van der Waals surface area contributed by atoms with Gasteiger partial charge >= 0.3 is 0 Å². The van der Waals surface area contributed by atoms with Crippen LogP contribution in [0.5, 0.6) is 11.5 Å². The van der Waals surface area contributed by atoms with Crippen molar-refractivity contribution in [2.75, 3.05) is 21.3 Å². The lowest BCUT2D eigenvalue weighted by Gasteiger charge is -2.20. The van der Waals surface area contributed by atoms with Crippen molar-refractivity contribution < 1.29 is 32.5 Å². The van der Waals surface area contributed by atoms with E-state index in [1.54, 1.807) is 37.3 Å². The highest BCUT2D eigenvalue weighted by molar-refractivity contribution is 5.90. The Morgan fingerprint density at radius 3 is 2.27 bits per heavy atom. The number of benzene rings is 2. The normalized spacial score (nSPS) is 16.2. The molecule has 8 nitrogen and oxygen atoms in total. The maximum Gasteiger partial charge on any atom is 0.247 e. The van der Waals surface area contributed by atoms with Crippen LogP contribution in [0.15, 0.2) is 46.9 Å². The van der Waals surface area contributed by atoms with Crippen LogP contribution < -0.4 is 9.47 Å². The average Bonchev–Trinajstić information content (AvgIpc) is 3.50. The Bertz CT molecular complexity index is 1160. The fourth-order valence-electron chi connectivity index (χ4n) is 3.63. The van der Waals surface area contributed by atoms with Gasteiger partial charge in [-0.1, -0.05) is 12.1 Å². The molecule has 0 spiro atoms. The molecule has 0 aliphatic carbocycles. The maximum atomic E-state index is 14.2. The van der Waals surface area contributed by atoms with E-state index < -0.39 is 18.0 Å². The largest absolute Gasteiger partial charge is 0.494 e. The molecule has 0 radical (unpaired) electrons. The molecular weight excluding hydrogens is 431 g/mol. The van der Waals surface area contributed by atoms with Crippen molar-refractivity contribution in [2.45, 2.75) is 25.6 Å². The van der Waals surface area contributed by atoms with Crippen LogP contribution in [0.3, 0.4) is 0 Å². The van der Waals surface area contributed by atoms with E-state index in [0.29, 0.717) is 35.1 Å². The molecule has 2 heterocycles. The summed E-state index contributed by atoms with van der Waals surface area (Å²) in [6.07, 6.45) is 0.571. The number of methoxy groups -OCH3 is 3.